The number of amides is 1. The van der Waals surface area contributed by atoms with Crippen molar-refractivity contribution in [2.24, 2.45) is 18.4 Å². The molecule has 7 nitrogen and oxygen atoms in total. The van der Waals surface area contributed by atoms with Crippen LogP contribution in [-0.4, -0.2) is 85.6 Å². The molecule has 0 aliphatic carbocycles. The number of nitrogens with zero attached hydrogens (tertiary/aromatic N) is 4. The zero-order chi connectivity index (χ0) is 17.9. The maximum atomic E-state index is 12.6. The Labute approximate surface area is 149 Å². The minimum absolute atomic E-state index is 0.0491. The van der Waals surface area contributed by atoms with E-state index in [0.29, 0.717) is 11.6 Å². The lowest BCUT2D eigenvalue weighted by Crippen LogP contribution is -2.47. The fourth-order valence-electron chi connectivity index (χ4n) is 4.38. The number of aryl methyl sites for hydroxylation is 1. The molecule has 3 rings (SSSR count). The van der Waals surface area contributed by atoms with Crippen molar-refractivity contribution in [3.63, 3.8) is 0 Å². The SMILES string of the molecule is COCCN1CC(COC)C2(CCN(C(=O)c3ccn(C)n3)CC2)C1. The molecular weight excluding hydrogens is 320 g/mol. The van der Waals surface area contributed by atoms with Crippen LogP contribution in [0.15, 0.2) is 12.3 Å². The van der Waals surface area contributed by atoms with Crippen LogP contribution in [0.3, 0.4) is 0 Å². The zero-order valence-corrected chi connectivity index (χ0v) is 15.6. The summed E-state index contributed by atoms with van der Waals surface area (Å²) in [6, 6.07) is 1.79. The predicted molar refractivity (Wildman–Crippen MR) is 94.5 cm³/mol. The van der Waals surface area contributed by atoms with Gasteiger partial charge in [0.2, 0.25) is 0 Å². The molecule has 0 saturated carbocycles. The van der Waals surface area contributed by atoms with Gasteiger partial charge in [-0.15, -0.1) is 0 Å². The van der Waals surface area contributed by atoms with E-state index in [9.17, 15) is 4.79 Å². The molecule has 25 heavy (non-hydrogen) atoms. The van der Waals surface area contributed by atoms with Crippen LogP contribution in [0.4, 0.5) is 0 Å². The van der Waals surface area contributed by atoms with Crippen LogP contribution in [-0.2, 0) is 16.5 Å². The van der Waals surface area contributed by atoms with Gasteiger partial charge in [0.15, 0.2) is 0 Å². The molecule has 2 aliphatic rings. The minimum Gasteiger partial charge on any atom is -0.384 e. The molecule has 2 saturated heterocycles. The van der Waals surface area contributed by atoms with E-state index in [2.05, 4.69) is 10.00 Å². The first-order chi connectivity index (χ1) is 12.1. The monoisotopic (exact) mass is 350 g/mol. The largest absolute Gasteiger partial charge is 0.384 e. The summed E-state index contributed by atoms with van der Waals surface area (Å²) in [5.41, 5.74) is 0.796. The summed E-state index contributed by atoms with van der Waals surface area (Å²) in [6.07, 6.45) is 3.88. The summed E-state index contributed by atoms with van der Waals surface area (Å²) < 4.78 is 12.4. The number of aromatic nitrogens is 2. The van der Waals surface area contributed by atoms with Gasteiger partial charge in [0.1, 0.15) is 5.69 Å². The molecule has 1 amide bonds. The van der Waals surface area contributed by atoms with Gasteiger partial charge in [-0.3, -0.25) is 9.48 Å². The molecule has 0 radical (unpaired) electrons. The molecule has 0 aromatic carbocycles. The lowest BCUT2D eigenvalue weighted by atomic mass is 9.71. The number of piperidine rings is 1. The Hall–Kier alpha value is -1.44. The van der Waals surface area contributed by atoms with Crippen LogP contribution in [0.25, 0.3) is 0 Å². The minimum atomic E-state index is 0.0491. The second kappa shape index (κ2) is 7.85. The van der Waals surface area contributed by atoms with Gasteiger partial charge in [0.25, 0.3) is 5.91 Å². The van der Waals surface area contributed by atoms with E-state index < -0.39 is 0 Å². The highest BCUT2D eigenvalue weighted by Gasteiger charge is 2.48. The summed E-state index contributed by atoms with van der Waals surface area (Å²) in [4.78, 5) is 17.1. The van der Waals surface area contributed by atoms with E-state index in [1.165, 1.54) is 0 Å². The molecule has 0 N–H and O–H groups in total. The van der Waals surface area contributed by atoms with E-state index in [4.69, 9.17) is 9.47 Å². The van der Waals surface area contributed by atoms with Crippen molar-refractivity contribution < 1.29 is 14.3 Å². The number of hydrogen-bond donors (Lipinski definition) is 0. The predicted octanol–water partition coefficient (Wildman–Crippen LogP) is 0.867. The van der Waals surface area contributed by atoms with Crippen molar-refractivity contribution in [2.75, 3.05) is 60.2 Å². The van der Waals surface area contributed by atoms with Crippen molar-refractivity contribution in [3.05, 3.63) is 18.0 Å². The molecule has 3 heterocycles. The first kappa shape index (κ1) is 18.4. The molecule has 2 fully saturated rings. The fraction of sp³-hybridized carbons (Fsp3) is 0.778. The number of carbonyl (C=O) groups is 1. The van der Waals surface area contributed by atoms with E-state index in [1.807, 2.05) is 18.1 Å². The third-order valence-electron chi connectivity index (χ3n) is 5.84. The van der Waals surface area contributed by atoms with Crippen molar-refractivity contribution >= 4 is 5.91 Å². The molecule has 1 aromatic heterocycles. The van der Waals surface area contributed by atoms with Crippen molar-refractivity contribution in [1.82, 2.24) is 19.6 Å². The van der Waals surface area contributed by atoms with Gasteiger partial charge >= 0.3 is 0 Å². The van der Waals surface area contributed by atoms with Gasteiger partial charge in [0, 0.05) is 66.1 Å². The standard InChI is InChI=1S/C18H30N4O3/c1-20-7-4-16(19-20)17(23)22-8-5-18(6-9-22)14-21(10-11-24-2)12-15(18)13-25-3/h4,7,15H,5-6,8-14H2,1-3H3. The third kappa shape index (κ3) is 3.88. The molecule has 2 aliphatic heterocycles. The van der Waals surface area contributed by atoms with Crippen LogP contribution in [0, 0.1) is 11.3 Å². The Balaban J connectivity index is 1.63. The lowest BCUT2D eigenvalue weighted by Gasteiger charge is -2.42. The number of carbonyl (C=O) groups excluding carboxylic acids is 1. The number of hydrogen-bond acceptors (Lipinski definition) is 5. The summed E-state index contributed by atoms with van der Waals surface area (Å²) in [6.45, 7) is 6.26. The first-order valence-corrected chi connectivity index (χ1v) is 9.07. The molecule has 1 spiro atoms. The van der Waals surface area contributed by atoms with Gasteiger partial charge in [-0.1, -0.05) is 0 Å². The second-order valence-electron chi connectivity index (χ2n) is 7.41. The summed E-state index contributed by atoms with van der Waals surface area (Å²) in [7, 11) is 5.37. The number of likely N-dealkylation sites (tertiary alicyclic amines) is 2. The Morgan fingerprint density at radius 3 is 2.68 bits per heavy atom. The van der Waals surface area contributed by atoms with Gasteiger partial charge in [0.05, 0.1) is 13.2 Å². The van der Waals surface area contributed by atoms with Crippen molar-refractivity contribution in [1.29, 1.82) is 0 Å². The zero-order valence-electron chi connectivity index (χ0n) is 15.6. The highest BCUT2D eigenvalue weighted by atomic mass is 16.5. The topological polar surface area (TPSA) is 59.8 Å². The van der Waals surface area contributed by atoms with E-state index in [0.717, 1.165) is 58.8 Å². The van der Waals surface area contributed by atoms with Gasteiger partial charge in [-0.05, 0) is 24.3 Å². The van der Waals surface area contributed by atoms with Crippen LogP contribution in [0.2, 0.25) is 0 Å². The van der Waals surface area contributed by atoms with E-state index in [-0.39, 0.29) is 11.3 Å². The Bertz CT molecular complexity index is 581. The quantitative estimate of drug-likeness (QED) is 0.762. The maximum Gasteiger partial charge on any atom is 0.274 e. The van der Waals surface area contributed by atoms with Crippen LogP contribution >= 0.6 is 0 Å². The first-order valence-electron chi connectivity index (χ1n) is 9.07. The van der Waals surface area contributed by atoms with Gasteiger partial charge < -0.3 is 19.3 Å². The van der Waals surface area contributed by atoms with Gasteiger partial charge in [-0.2, -0.15) is 5.10 Å². The van der Waals surface area contributed by atoms with E-state index >= 15 is 0 Å². The molecule has 0 bridgehead atoms. The molecular formula is C18H30N4O3. The Morgan fingerprint density at radius 2 is 2.08 bits per heavy atom. The molecule has 1 unspecified atom stereocenters. The Morgan fingerprint density at radius 1 is 1.32 bits per heavy atom. The highest BCUT2D eigenvalue weighted by molar-refractivity contribution is 5.92. The fourth-order valence-corrected chi connectivity index (χ4v) is 4.38. The van der Waals surface area contributed by atoms with Crippen LogP contribution in [0.5, 0.6) is 0 Å². The molecule has 7 heteroatoms. The Kier molecular flexibility index (Phi) is 5.76. The van der Waals surface area contributed by atoms with E-state index in [1.54, 1.807) is 25.0 Å². The number of methoxy groups -OCH3 is 2. The summed E-state index contributed by atoms with van der Waals surface area (Å²) in [5, 5.41) is 4.25. The lowest BCUT2D eigenvalue weighted by molar-refractivity contribution is 0.0317. The number of rotatable bonds is 6. The number of ether oxygens (including phenoxy) is 2. The average molecular weight is 350 g/mol. The van der Waals surface area contributed by atoms with Crippen LogP contribution in [0.1, 0.15) is 23.3 Å². The van der Waals surface area contributed by atoms with Crippen molar-refractivity contribution in [3.8, 4) is 0 Å². The smallest absolute Gasteiger partial charge is 0.274 e. The normalized spacial score (nSPS) is 23.5. The van der Waals surface area contributed by atoms with Crippen LogP contribution < -0.4 is 0 Å². The second-order valence-corrected chi connectivity index (χ2v) is 7.41. The molecule has 1 aromatic rings. The van der Waals surface area contributed by atoms with Gasteiger partial charge in [-0.25, -0.2) is 0 Å². The summed E-state index contributed by atoms with van der Waals surface area (Å²) in [5.74, 6) is 0.578. The molecule has 140 valence electrons. The third-order valence-corrected chi connectivity index (χ3v) is 5.84. The summed E-state index contributed by atoms with van der Waals surface area (Å²) >= 11 is 0. The molecule has 1 atom stereocenters. The van der Waals surface area contributed by atoms with Crippen molar-refractivity contribution in [2.45, 2.75) is 12.8 Å². The highest BCUT2D eigenvalue weighted by Crippen LogP contribution is 2.44. The maximum absolute atomic E-state index is 12.6. The average Bonchev–Trinajstić information content (AvgIpc) is 3.18.